The summed E-state index contributed by atoms with van der Waals surface area (Å²) in [6.45, 7) is 0. The monoisotopic (exact) mass is 342 g/mol. The van der Waals surface area contributed by atoms with E-state index in [1.54, 1.807) is 0 Å². The average molecular weight is 345 g/mol. The van der Waals surface area contributed by atoms with Crippen molar-refractivity contribution in [2.45, 2.75) is 0 Å². The number of hydrogen-bond donors (Lipinski definition) is 2. The first-order valence-electron chi connectivity index (χ1n) is 2.80. The number of benzene rings is 1. The number of anilines is 1. The first-order valence-corrected chi connectivity index (χ1v) is 5.18. The van der Waals surface area contributed by atoms with Gasteiger partial charge in [0.15, 0.2) is 0 Å². The zero-order valence-corrected chi connectivity index (χ0v) is 10.1. The van der Waals surface area contributed by atoms with Gasteiger partial charge in [-0.2, -0.15) is 4.45 Å². The molecule has 0 spiro atoms. The lowest BCUT2D eigenvalue weighted by atomic mass is 10.3. The third kappa shape index (κ3) is 2.74. The Labute approximate surface area is 90.3 Å². The molecular weight excluding hydrogens is 340 g/mol. The van der Waals surface area contributed by atoms with Crippen LogP contribution < -0.4 is 9.88 Å². The molecule has 1 aromatic rings. The predicted octanol–water partition coefficient (Wildman–Crippen LogP) is 3.44. The Morgan fingerprint density at radius 1 is 1.18 bits per heavy atom. The molecule has 0 aliphatic rings. The molecule has 2 nitrogen and oxygen atoms in total. The van der Waals surface area contributed by atoms with Crippen molar-refractivity contribution in [1.82, 2.24) is 4.45 Å². The van der Waals surface area contributed by atoms with Gasteiger partial charge in [0, 0.05) is 25.1 Å². The van der Waals surface area contributed by atoms with Crippen molar-refractivity contribution in [3.8, 4) is 0 Å². The number of hydrazine groups is 1. The second-order valence-corrected chi connectivity index (χ2v) is 4.01. The maximum Gasteiger partial charge on any atom is 0.0649 e. The van der Waals surface area contributed by atoms with E-state index in [1.807, 2.05) is 18.2 Å². The van der Waals surface area contributed by atoms with Crippen LogP contribution >= 0.6 is 48.0 Å². The molecule has 0 unspecified atom stereocenters. The van der Waals surface area contributed by atoms with Gasteiger partial charge in [-0.25, -0.2) is 0 Å². The van der Waals surface area contributed by atoms with Crippen LogP contribution in [0, 0.1) is 0 Å². The first-order chi connectivity index (χ1) is 5.24. The molecule has 2 N–H and O–H groups in total. The van der Waals surface area contributed by atoms with Gasteiger partial charge in [-0.1, -0.05) is 15.9 Å². The maximum absolute atomic E-state index is 3.39. The summed E-state index contributed by atoms with van der Waals surface area (Å²) < 4.78 is 4.70. The summed E-state index contributed by atoms with van der Waals surface area (Å²) >= 11 is 9.80. The molecule has 0 aliphatic heterocycles. The summed E-state index contributed by atoms with van der Waals surface area (Å²) in [7, 11) is 0. The van der Waals surface area contributed by atoms with Crippen LogP contribution in [0.2, 0.25) is 0 Å². The third-order valence-corrected chi connectivity index (χ3v) is 2.49. The van der Waals surface area contributed by atoms with Gasteiger partial charge in [0.1, 0.15) is 0 Å². The molecule has 0 saturated heterocycles. The van der Waals surface area contributed by atoms with Crippen molar-refractivity contribution in [3.05, 3.63) is 27.1 Å². The standard InChI is InChI=1S/C6H5Br3N2/c7-4-1-2-5(8)6(3-4)10-11-9/h1-3,10-11H. The lowest BCUT2D eigenvalue weighted by molar-refractivity contribution is 1.24. The van der Waals surface area contributed by atoms with E-state index in [-0.39, 0.29) is 0 Å². The fraction of sp³-hybridized carbons (Fsp3) is 0. The fourth-order valence-corrected chi connectivity index (χ4v) is 1.56. The molecule has 0 saturated carbocycles. The molecule has 1 rings (SSSR count). The molecule has 0 fully saturated rings. The van der Waals surface area contributed by atoms with E-state index in [0.29, 0.717) is 0 Å². The topological polar surface area (TPSA) is 24.1 Å². The Bertz CT molecular complexity index is 252. The van der Waals surface area contributed by atoms with Crippen LogP contribution in [0.15, 0.2) is 27.1 Å². The SMILES string of the molecule is BrNNc1cc(Br)ccc1Br. The Hall–Kier alpha value is 0.420. The third-order valence-electron chi connectivity index (χ3n) is 1.11. The molecule has 0 atom stereocenters. The average Bonchev–Trinajstić information content (AvgIpc) is 1.98. The van der Waals surface area contributed by atoms with Crippen LogP contribution in [0.4, 0.5) is 5.69 Å². The molecule has 0 amide bonds. The highest BCUT2D eigenvalue weighted by atomic mass is 79.9. The summed E-state index contributed by atoms with van der Waals surface area (Å²) in [6.07, 6.45) is 0. The lowest BCUT2D eigenvalue weighted by Crippen LogP contribution is -2.08. The lowest BCUT2D eigenvalue weighted by Gasteiger charge is -2.05. The normalized spacial score (nSPS) is 9.73. The highest BCUT2D eigenvalue weighted by Gasteiger charge is 1.97. The largest absolute Gasteiger partial charge is 0.310 e. The molecule has 0 bridgehead atoms. The molecule has 0 aromatic heterocycles. The molecule has 1 aromatic carbocycles. The number of halogens is 3. The van der Waals surface area contributed by atoms with Crippen LogP contribution in [-0.2, 0) is 0 Å². The summed E-state index contributed by atoms with van der Waals surface area (Å²) in [5.74, 6) is 0. The second-order valence-electron chi connectivity index (χ2n) is 1.84. The van der Waals surface area contributed by atoms with Gasteiger partial charge in [0.2, 0.25) is 0 Å². The van der Waals surface area contributed by atoms with Crippen LogP contribution in [0.25, 0.3) is 0 Å². The van der Waals surface area contributed by atoms with E-state index in [9.17, 15) is 0 Å². The van der Waals surface area contributed by atoms with Crippen molar-refractivity contribution in [1.29, 1.82) is 0 Å². The van der Waals surface area contributed by atoms with Crippen molar-refractivity contribution >= 4 is 53.7 Å². The minimum atomic E-state index is 0.969. The smallest absolute Gasteiger partial charge is 0.0649 e. The van der Waals surface area contributed by atoms with Crippen molar-refractivity contribution in [2.24, 2.45) is 0 Å². The summed E-state index contributed by atoms with van der Waals surface area (Å²) in [6, 6.07) is 5.87. The molecule has 5 heteroatoms. The van der Waals surface area contributed by atoms with Gasteiger partial charge in [-0.05, 0) is 34.1 Å². The number of rotatable bonds is 2. The van der Waals surface area contributed by atoms with Crippen molar-refractivity contribution < 1.29 is 0 Å². The van der Waals surface area contributed by atoms with Gasteiger partial charge in [-0.15, -0.1) is 0 Å². The molecule has 0 heterocycles. The maximum atomic E-state index is 3.39. The van der Waals surface area contributed by atoms with Crippen molar-refractivity contribution in [2.75, 3.05) is 5.43 Å². The van der Waals surface area contributed by atoms with Gasteiger partial charge >= 0.3 is 0 Å². The fourth-order valence-electron chi connectivity index (χ4n) is 0.644. The van der Waals surface area contributed by atoms with E-state index in [4.69, 9.17) is 0 Å². The van der Waals surface area contributed by atoms with E-state index in [2.05, 4.69) is 57.9 Å². The second kappa shape index (κ2) is 4.45. The van der Waals surface area contributed by atoms with Crippen LogP contribution in [-0.4, -0.2) is 0 Å². The quantitative estimate of drug-likeness (QED) is 0.634. The Morgan fingerprint density at radius 2 is 1.91 bits per heavy atom. The summed E-state index contributed by atoms with van der Waals surface area (Å²) in [4.78, 5) is 0. The molecule has 0 aliphatic carbocycles. The van der Waals surface area contributed by atoms with Gasteiger partial charge in [0.05, 0.1) is 5.69 Å². The minimum absolute atomic E-state index is 0.969. The highest BCUT2D eigenvalue weighted by molar-refractivity contribution is 9.11. The summed E-state index contributed by atoms with van der Waals surface area (Å²) in [5, 5.41) is 0. The van der Waals surface area contributed by atoms with E-state index in [1.165, 1.54) is 0 Å². The molecular formula is C6H5Br3N2. The van der Waals surface area contributed by atoms with Crippen LogP contribution in [0.1, 0.15) is 0 Å². The number of hydrogen-bond acceptors (Lipinski definition) is 2. The van der Waals surface area contributed by atoms with Gasteiger partial charge in [-0.3, -0.25) is 0 Å². The molecule has 11 heavy (non-hydrogen) atoms. The van der Waals surface area contributed by atoms with E-state index < -0.39 is 0 Å². The Kier molecular flexibility index (Phi) is 3.84. The summed E-state index contributed by atoms with van der Waals surface area (Å²) in [5.41, 5.74) is 3.88. The van der Waals surface area contributed by atoms with Crippen LogP contribution in [0.3, 0.4) is 0 Å². The highest BCUT2D eigenvalue weighted by Crippen LogP contribution is 2.25. The zero-order valence-electron chi connectivity index (χ0n) is 5.37. The van der Waals surface area contributed by atoms with Crippen molar-refractivity contribution in [3.63, 3.8) is 0 Å². The minimum Gasteiger partial charge on any atom is -0.310 e. The predicted molar refractivity (Wildman–Crippen MR) is 57.5 cm³/mol. The Morgan fingerprint density at radius 3 is 2.55 bits per heavy atom. The first kappa shape index (κ1) is 9.51. The van der Waals surface area contributed by atoms with E-state index in [0.717, 1.165) is 14.6 Å². The zero-order chi connectivity index (χ0) is 8.27. The molecule has 0 radical (unpaired) electrons. The number of nitrogens with one attached hydrogen (secondary N) is 2. The van der Waals surface area contributed by atoms with Gasteiger partial charge in [0.25, 0.3) is 0 Å². The van der Waals surface area contributed by atoms with E-state index >= 15 is 0 Å². The van der Waals surface area contributed by atoms with Crippen LogP contribution in [0.5, 0.6) is 0 Å². The Balaban J connectivity index is 2.93. The molecule has 60 valence electrons. The van der Waals surface area contributed by atoms with Gasteiger partial charge < -0.3 is 5.43 Å².